The molecule has 1 aliphatic rings. The van der Waals surface area contributed by atoms with Crippen LogP contribution in [0.25, 0.3) is 0 Å². The number of hydrogen-bond acceptors (Lipinski definition) is 2. The highest BCUT2D eigenvalue weighted by Crippen LogP contribution is 2.38. The Morgan fingerprint density at radius 2 is 2.23 bits per heavy atom. The smallest absolute Gasteiger partial charge is 0.139 e. The molecule has 1 fully saturated rings. The van der Waals surface area contributed by atoms with Crippen LogP contribution < -0.4 is 0 Å². The van der Waals surface area contributed by atoms with Crippen LogP contribution in [-0.2, 0) is 9.26 Å². The maximum atomic E-state index is 5.97. The molecule has 0 N–H and O–H groups in total. The Morgan fingerprint density at radius 3 is 2.77 bits per heavy atom. The molecule has 0 aromatic carbocycles. The van der Waals surface area contributed by atoms with Crippen LogP contribution in [0.3, 0.4) is 0 Å². The molecule has 0 spiro atoms. The third kappa shape index (κ3) is 3.23. The molecule has 0 aromatic rings. The van der Waals surface area contributed by atoms with Crippen LogP contribution >= 0.6 is 8.15 Å². The molecule has 4 unspecified atom stereocenters. The summed E-state index contributed by atoms with van der Waals surface area (Å²) in [4.78, 5) is 0. The Labute approximate surface area is 83.6 Å². The lowest BCUT2D eigenvalue weighted by Crippen LogP contribution is -2.21. The fourth-order valence-electron chi connectivity index (χ4n) is 1.70. The van der Waals surface area contributed by atoms with Gasteiger partial charge in [-0.3, -0.25) is 0 Å². The Balaban J connectivity index is 2.39. The lowest BCUT2D eigenvalue weighted by Gasteiger charge is -2.21. The van der Waals surface area contributed by atoms with Crippen molar-refractivity contribution < 1.29 is 9.26 Å². The van der Waals surface area contributed by atoms with Gasteiger partial charge in [0, 0.05) is 14.2 Å². The van der Waals surface area contributed by atoms with Gasteiger partial charge in [0.1, 0.15) is 7.85 Å². The molecule has 2 nitrogen and oxygen atoms in total. The van der Waals surface area contributed by atoms with Gasteiger partial charge in [-0.15, -0.1) is 0 Å². The first kappa shape index (κ1) is 11.5. The molecule has 76 valence electrons. The monoisotopic (exact) mass is 202 g/mol. The van der Waals surface area contributed by atoms with Crippen molar-refractivity contribution in [2.24, 2.45) is 0 Å². The average Bonchev–Trinajstić information content (AvgIpc) is 2.46. The van der Waals surface area contributed by atoms with E-state index >= 15 is 0 Å². The van der Waals surface area contributed by atoms with Crippen molar-refractivity contribution in [3.8, 4) is 0 Å². The second-order valence-corrected chi connectivity index (χ2v) is 5.82. The first-order valence-corrected chi connectivity index (χ1v) is 7.09. The van der Waals surface area contributed by atoms with E-state index in [1.807, 2.05) is 0 Å². The lowest BCUT2D eigenvalue weighted by molar-refractivity contribution is 0.0441. The highest BCUT2D eigenvalue weighted by Gasteiger charge is 2.32. The standard InChI is InChI=1S/C9H20BO2P/c1-4-7-8(6-9(10)11-7)12-13(3)5-2/h7-9H,4-6,10H2,1-3H3. The summed E-state index contributed by atoms with van der Waals surface area (Å²) in [6.45, 7) is 6.56. The molecule has 0 bridgehead atoms. The molecule has 0 aliphatic carbocycles. The van der Waals surface area contributed by atoms with Crippen molar-refractivity contribution in [1.29, 1.82) is 0 Å². The summed E-state index contributed by atoms with van der Waals surface area (Å²) in [6.07, 6.45) is 3.99. The van der Waals surface area contributed by atoms with Crippen LogP contribution in [0.15, 0.2) is 0 Å². The van der Waals surface area contributed by atoms with Gasteiger partial charge < -0.3 is 9.26 Å². The normalized spacial score (nSPS) is 36.4. The van der Waals surface area contributed by atoms with E-state index in [1.54, 1.807) is 0 Å². The fraction of sp³-hybridized carbons (Fsp3) is 1.00. The van der Waals surface area contributed by atoms with E-state index in [4.69, 9.17) is 9.26 Å². The van der Waals surface area contributed by atoms with Crippen molar-refractivity contribution in [2.75, 3.05) is 12.8 Å². The fourth-order valence-corrected chi connectivity index (χ4v) is 2.53. The first-order chi connectivity index (χ1) is 6.17. The summed E-state index contributed by atoms with van der Waals surface area (Å²) in [5.74, 6) is 0. The topological polar surface area (TPSA) is 18.5 Å². The van der Waals surface area contributed by atoms with Gasteiger partial charge in [-0.05, 0) is 25.7 Å². The summed E-state index contributed by atoms with van der Waals surface area (Å²) in [5.41, 5.74) is 0. The van der Waals surface area contributed by atoms with Crippen molar-refractivity contribution in [3.05, 3.63) is 0 Å². The maximum absolute atomic E-state index is 5.97. The summed E-state index contributed by atoms with van der Waals surface area (Å²) >= 11 is 0. The average molecular weight is 202 g/mol. The van der Waals surface area contributed by atoms with E-state index in [9.17, 15) is 0 Å². The summed E-state index contributed by atoms with van der Waals surface area (Å²) < 4.78 is 11.7. The van der Waals surface area contributed by atoms with Crippen LogP contribution in [-0.4, -0.2) is 38.9 Å². The lowest BCUT2D eigenvalue weighted by atomic mass is 9.96. The third-order valence-corrected chi connectivity index (χ3v) is 4.07. The van der Waals surface area contributed by atoms with Crippen molar-refractivity contribution >= 4 is 16.0 Å². The first-order valence-electron chi connectivity index (χ1n) is 5.20. The zero-order chi connectivity index (χ0) is 9.84. The molecule has 1 saturated heterocycles. The van der Waals surface area contributed by atoms with Crippen LogP contribution in [0.5, 0.6) is 0 Å². The molecule has 13 heavy (non-hydrogen) atoms. The minimum absolute atomic E-state index is 0.221. The predicted octanol–water partition coefficient (Wildman–Crippen LogP) is 1.58. The molecular formula is C9H20BO2P. The Bertz CT molecular complexity index is 157. The number of hydrogen-bond donors (Lipinski definition) is 0. The second kappa shape index (κ2) is 5.33. The van der Waals surface area contributed by atoms with Gasteiger partial charge in [0.25, 0.3) is 0 Å². The van der Waals surface area contributed by atoms with Crippen molar-refractivity contribution in [1.82, 2.24) is 0 Å². The number of rotatable bonds is 4. The van der Waals surface area contributed by atoms with Gasteiger partial charge in [0.2, 0.25) is 0 Å². The second-order valence-electron chi connectivity index (χ2n) is 3.72. The summed E-state index contributed by atoms with van der Waals surface area (Å²) in [5, 5.41) is 0. The largest absolute Gasteiger partial charge is 0.381 e. The van der Waals surface area contributed by atoms with Crippen LogP contribution in [0, 0.1) is 0 Å². The summed E-state index contributed by atoms with van der Waals surface area (Å²) in [7, 11) is 1.91. The quantitative estimate of drug-likeness (QED) is 0.508. The van der Waals surface area contributed by atoms with Crippen molar-refractivity contribution in [3.63, 3.8) is 0 Å². The van der Waals surface area contributed by atoms with E-state index in [-0.39, 0.29) is 8.15 Å². The van der Waals surface area contributed by atoms with E-state index < -0.39 is 0 Å². The van der Waals surface area contributed by atoms with Gasteiger partial charge >= 0.3 is 0 Å². The molecule has 0 radical (unpaired) electrons. The van der Waals surface area contributed by atoms with E-state index in [0.29, 0.717) is 18.2 Å². The SMILES string of the molecule is BC1CC(OP(C)CC)C(CC)O1. The zero-order valence-corrected chi connectivity index (χ0v) is 10.0. The van der Waals surface area contributed by atoms with Gasteiger partial charge in [-0.2, -0.15) is 0 Å². The van der Waals surface area contributed by atoms with Crippen LogP contribution in [0.4, 0.5) is 0 Å². The van der Waals surface area contributed by atoms with Gasteiger partial charge in [-0.1, -0.05) is 13.8 Å². The molecule has 0 amide bonds. The van der Waals surface area contributed by atoms with E-state index in [1.165, 1.54) is 0 Å². The van der Waals surface area contributed by atoms with E-state index in [0.717, 1.165) is 19.0 Å². The maximum Gasteiger partial charge on any atom is 0.139 e. The van der Waals surface area contributed by atoms with Gasteiger partial charge in [0.05, 0.1) is 12.2 Å². The highest BCUT2D eigenvalue weighted by atomic mass is 31.1. The molecule has 0 aromatic heterocycles. The zero-order valence-electron chi connectivity index (χ0n) is 9.12. The minimum Gasteiger partial charge on any atom is -0.381 e. The molecule has 0 saturated carbocycles. The Kier molecular flexibility index (Phi) is 4.71. The molecule has 4 atom stereocenters. The Hall–Kier alpha value is 0.415. The van der Waals surface area contributed by atoms with Crippen LogP contribution in [0.2, 0.25) is 0 Å². The molecule has 1 rings (SSSR count). The molecular weight excluding hydrogens is 182 g/mol. The van der Waals surface area contributed by atoms with Gasteiger partial charge in [0.15, 0.2) is 0 Å². The minimum atomic E-state index is -0.221. The number of ether oxygens (including phenoxy) is 1. The third-order valence-electron chi connectivity index (χ3n) is 2.55. The highest BCUT2D eigenvalue weighted by molar-refractivity contribution is 7.51. The van der Waals surface area contributed by atoms with Gasteiger partial charge in [-0.25, -0.2) is 0 Å². The van der Waals surface area contributed by atoms with Crippen molar-refractivity contribution in [2.45, 2.75) is 44.9 Å². The molecule has 1 heterocycles. The molecule has 4 heteroatoms. The molecule has 1 aliphatic heterocycles. The van der Waals surface area contributed by atoms with Crippen LogP contribution in [0.1, 0.15) is 26.7 Å². The Morgan fingerprint density at radius 1 is 1.54 bits per heavy atom. The summed E-state index contributed by atoms with van der Waals surface area (Å²) in [6, 6.07) is 0.384. The predicted molar refractivity (Wildman–Crippen MR) is 60.4 cm³/mol. The van der Waals surface area contributed by atoms with E-state index in [2.05, 4.69) is 28.4 Å².